The van der Waals surface area contributed by atoms with Gasteiger partial charge in [-0.3, -0.25) is 0 Å². The molecule has 10 aromatic carbocycles. The van der Waals surface area contributed by atoms with Gasteiger partial charge in [-0.1, -0.05) is 146 Å². The number of rotatable bonds is 8. The van der Waals surface area contributed by atoms with Crippen LogP contribution in [0.2, 0.25) is 0 Å². The second-order valence-electron chi connectivity index (χ2n) is 18.1. The summed E-state index contributed by atoms with van der Waals surface area (Å²) in [6, 6.07) is 74.4. The Morgan fingerprint density at radius 2 is 0.600 bits per heavy atom. The maximum absolute atomic E-state index is 6.56. The highest BCUT2D eigenvalue weighted by Gasteiger charge is 2.42. The quantitative estimate of drug-likeness (QED) is 0.153. The zero-order chi connectivity index (χ0) is 43.5. The van der Waals surface area contributed by atoms with Gasteiger partial charge in [-0.05, 0) is 173 Å². The fraction of sp³-hybridized carbons (Fsp3) is 0.115. The Bertz CT molecular complexity index is 3130. The molecular weight excluding hydrogens is 793 g/mol. The normalized spacial score (nSPS) is 16.2. The van der Waals surface area contributed by atoms with Gasteiger partial charge in [0.15, 0.2) is 11.8 Å². The summed E-state index contributed by atoms with van der Waals surface area (Å²) < 4.78 is 13.1. The number of fused-ring (bicyclic) bond motifs is 4. The summed E-state index contributed by atoms with van der Waals surface area (Å²) in [4.78, 5) is 10.7. The van der Waals surface area contributed by atoms with E-state index in [4.69, 9.17) is 19.5 Å². The van der Waals surface area contributed by atoms with Gasteiger partial charge in [-0.25, -0.2) is 9.98 Å². The highest BCUT2D eigenvalue weighted by atomic mass is 16.5. The Balaban J connectivity index is 0.895. The minimum atomic E-state index is -0.683. The first-order valence-corrected chi connectivity index (χ1v) is 22.6. The first-order valence-electron chi connectivity index (χ1n) is 22.6. The standard InChI is InChI=1S/C61H46N2O2/c1-61(2,59-62-57(37-64-59)55-33-51(47-23-19-39-11-3-7-15-43(39)27-47)31-52(34-55)48-24-20-40-12-4-8-16-44(40)28-48)60-63-58(38-65-60)56-35-53(49-25-21-41-13-5-9-17-45(41)29-49)32-54(36-56)50-26-22-42-14-6-10-18-46(42)30-50/h3-36,57-58H,37-38H2,1-2H3/t57-,58-/m1/s1. The maximum atomic E-state index is 6.56. The van der Waals surface area contributed by atoms with Crippen LogP contribution < -0.4 is 0 Å². The van der Waals surface area contributed by atoms with Gasteiger partial charge in [0.2, 0.25) is 0 Å². The summed E-state index contributed by atoms with van der Waals surface area (Å²) >= 11 is 0. The predicted molar refractivity (Wildman–Crippen MR) is 271 cm³/mol. The molecule has 0 saturated heterocycles. The van der Waals surface area contributed by atoms with E-state index in [9.17, 15) is 0 Å². The van der Waals surface area contributed by atoms with Gasteiger partial charge in [0.25, 0.3) is 0 Å². The second kappa shape index (κ2) is 15.8. The topological polar surface area (TPSA) is 43.2 Å². The summed E-state index contributed by atoms with van der Waals surface area (Å²) in [7, 11) is 0. The third-order valence-electron chi connectivity index (χ3n) is 13.4. The minimum Gasteiger partial charge on any atom is -0.478 e. The average molecular weight is 839 g/mol. The minimum absolute atomic E-state index is 0.190. The molecule has 2 aliphatic rings. The molecule has 0 saturated carbocycles. The molecule has 2 heterocycles. The number of hydrogen-bond donors (Lipinski definition) is 0. The maximum Gasteiger partial charge on any atom is 0.199 e. The lowest BCUT2D eigenvalue weighted by Crippen LogP contribution is -2.34. The van der Waals surface area contributed by atoms with Crippen molar-refractivity contribution in [1.82, 2.24) is 0 Å². The van der Waals surface area contributed by atoms with E-state index >= 15 is 0 Å². The third-order valence-corrected chi connectivity index (χ3v) is 13.4. The fourth-order valence-corrected chi connectivity index (χ4v) is 9.69. The Hall–Kier alpha value is -7.82. The molecule has 2 aliphatic heterocycles. The van der Waals surface area contributed by atoms with Gasteiger partial charge in [-0.2, -0.15) is 0 Å². The Labute approximate surface area is 379 Å². The lowest BCUT2D eigenvalue weighted by atomic mass is 9.91. The molecule has 0 fully saturated rings. The van der Waals surface area contributed by atoms with E-state index in [1.165, 1.54) is 65.3 Å². The van der Waals surface area contributed by atoms with Gasteiger partial charge >= 0.3 is 0 Å². The van der Waals surface area contributed by atoms with Crippen LogP contribution >= 0.6 is 0 Å². The molecule has 0 unspecified atom stereocenters. The van der Waals surface area contributed by atoms with Crippen LogP contribution in [0.5, 0.6) is 0 Å². The zero-order valence-corrected chi connectivity index (χ0v) is 36.4. The lowest BCUT2D eigenvalue weighted by Gasteiger charge is -2.22. The first-order chi connectivity index (χ1) is 31.9. The summed E-state index contributed by atoms with van der Waals surface area (Å²) in [5, 5.41) is 9.78. The van der Waals surface area contributed by atoms with Crippen LogP contribution in [-0.4, -0.2) is 25.0 Å². The SMILES string of the molecule is CC(C)(C1=N[C@@H](c2cc(-c3ccc4ccccc4c3)cc(-c3ccc4ccccc4c3)c2)CO1)C1=N[C@@H](c2cc(-c3ccc4ccccc4c3)cc(-c3ccc4ccccc4c3)c2)CO1. The average Bonchev–Trinajstić information content (AvgIpc) is 4.09. The van der Waals surface area contributed by atoms with Crippen molar-refractivity contribution in [3.8, 4) is 44.5 Å². The molecule has 0 spiro atoms. The summed E-state index contributed by atoms with van der Waals surface area (Å²) in [6.07, 6.45) is 0. The molecule has 0 bridgehead atoms. The number of nitrogens with zero attached hydrogens (tertiary/aromatic N) is 2. The van der Waals surface area contributed by atoms with Gasteiger partial charge in [-0.15, -0.1) is 0 Å². The summed E-state index contributed by atoms with van der Waals surface area (Å²) in [6.45, 7) is 5.12. The Morgan fingerprint density at radius 3 is 0.892 bits per heavy atom. The molecule has 4 heteroatoms. The van der Waals surface area contributed by atoms with Gasteiger partial charge < -0.3 is 9.47 Å². The number of ether oxygens (including phenoxy) is 2. The van der Waals surface area contributed by atoms with E-state index in [1.807, 2.05) is 0 Å². The molecule has 0 amide bonds. The van der Waals surface area contributed by atoms with E-state index in [0.29, 0.717) is 25.0 Å². The summed E-state index contributed by atoms with van der Waals surface area (Å²) in [5.41, 5.74) is 10.8. The molecule has 312 valence electrons. The zero-order valence-electron chi connectivity index (χ0n) is 36.4. The van der Waals surface area contributed by atoms with Crippen molar-refractivity contribution in [2.45, 2.75) is 25.9 Å². The fourth-order valence-electron chi connectivity index (χ4n) is 9.69. The van der Waals surface area contributed by atoms with Crippen LogP contribution in [0.25, 0.3) is 87.6 Å². The number of hydrogen-bond acceptors (Lipinski definition) is 4. The molecule has 0 aliphatic carbocycles. The van der Waals surface area contributed by atoms with Crippen molar-refractivity contribution in [3.63, 3.8) is 0 Å². The van der Waals surface area contributed by atoms with Gasteiger partial charge in [0.1, 0.15) is 30.7 Å². The molecule has 12 rings (SSSR count). The van der Waals surface area contributed by atoms with Crippen LogP contribution in [0.4, 0.5) is 0 Å². The van der Waals surface area contributed by atoms with Gasteiger partial charge in [0, 0.05) is 0 Å². The van der Waals surface area contributed by atoms with Gasteiger partial charge in [0.05, 0.1) is 0 Å². The van der Waals surface area contributed by atoms with Crippen molar-refractivity contribution in [1.29, 1.82) is 0 Å². The highest BCUT2D eigenvalue weighted by Crippen LogP contribution is 2.41. The van der Waals surface area contributed by atoms with Crippen molar-refractivity contribution >= 4 is 54.9 Å². The molecule has 0 N–H and O–H groups in total. The van der Waals surface area contributed by atoms with E-state index in [0.717, 1.165) is 33.4 Å². The van der Waals surface area contributed by atoms with E-state index in [2.05, 4.69) is 220 Å². The van der Waals surface area contributed by atoms with Crippen molar-refractivity contribution in [2.75, 3.05) is 13.2 Å². The molecule has 4 nitrogen and oxygen atoms in total. The molecule has 2 atom stereocenters. The van der Waals surface area contributed by atoms with E-state index in [1.54, 1.807) is 0 Å². The lowest BCUT2D eigenvalue weighted by molar-refractivity contribution is 0.265. The van der Waals surface area contributed by atoms with Crippen LogP contribution in [0.1, 0.15) is 37.1 Å². The molecular formula is C61H46N2O2. The van der Waals surface area contributed by atoms with Crippen molar-refractivity contribution in [2.24, 2.45) is 15.4 Å². The third kappa shape index (κ3) is 7.31. The smallest absolute Gasteiger partial charge is 0.199 e. The van der Waals surface area contributed by atoms with Crippen LogP contribution in [0.15, 0.2) is 216 Å². The van der Waals surface area contributed by atoms with Crippen LogP contribution in [0.3, 0.4) is 0 Å². The number of aliphatic imine (C=N–C) groups is 2. The summed E-state index contributed by atoms with van der Waals surface area (Å²) in [5.74, 6) is 1.29. The largest absolute Gasteiger partial charge is 0.478 e. The van der Waals surface area contributed by atoms with Crippen molar-refractivity contribution < 1.29 is 9.47 Å². The highest BCUT2D eigenvalue weighted by molar-refractivity contribution is 6.05. The van der Waals surface area contributed by atoms with Crippen LogP contribution in [0, 0.1) is 5.41 Å². The van der Waals surface area contributed by atoms with E-state index < -0.39 is 5.41 Å². The molecule has 0 aromatic heterocycles. The Kier molecular flexibility index (Phi) is 9.41. The predicted octanol–water partition coefficient (Wildman–Crippen LogP) is 15.6. The Morgan fingerprint density at radius 1 is 0.323 bits per heavy atom. The first kappa shape index (κ1) is 38.8. The molecule has 10 aromatic rings. The monoisotopic (exact) mass is 838 g/mol. The molecule has 65 heavy (non-hydrogen) atoms. The van der Waals surface area contributed by atoms with Crippen LogP contribution in [-0.2, 0) is 9.47 Å². The van der Waals surface area contributed by atoms with Crippen molar-refractivity contribution in [3.05, 3.63) is 217 Å². The second-order valence-corrected chi connectivity index (χ2v) is 18.1. The molecule has 0 radical (unpaired) electrons. The van der Waals surface area contributed by atoms with E-state index in [-0.39, 0.29) is 12.1 Å². The number of benzene rings is 10.